The summed E-state index contributed by atoms with van der Waals surface area (Å²) in [4.78, 5) is 0. The molecule has 0 aliphatic heterocycles. The number of rotatable bonds is 4. The molecule has 1 heterocycles. The van der Waals surface area contributed by atoms with E-state index in [9.17, 15) is 4.39 Å². The zero-order valence-electron chi connectivity index (χ0n) is 9.77. The van der Waals surface area contributed by atoms with Crippen LogP contribution in [0.5, 0.6) is 0 Å². The van der Waals surface area contributed by atoms with E-state index in [1.165, 1.54) is 12.1 Å². The predicted octanol–water partition coefficient (Wildman–Crippen LogP) is 2.37. The average Bonchev–Trinajstić information content (AvgIpc) is 2.73. The van der Waals surface area contributed by atoms with E-state index in [4.69, 9.17) is 4.42 Å². The fraction of sp³-hybridized carbons (Fsp3) is 0.333. The summed E-state index contributed by atoms with van der Waals surface area (Å²) in [6.45, 7) is 4.25. The number of aryl methyl sites for hydroxylation is 1. The minimum atomic E-state index is -0.228. The van der Waals surface area contributed by atoms with E-state index < -0.39 is 0 Å². The standard InChI is InChI=1S/C12H14FN3O/c1-8(10-3-5-11(13)6-4-10)14-7-12-16-15-9(2)17-12/h3-6,8,14H,7H2,1-2H3/t8-/m1/s1. The van der Waals surface area contributed by atoms with Gasteiger partial charge in [0.25, 0.3) is 0 Å². The molecule has 1 N–H and O–H groups in total. The Kier molecular flexibility index (Phi) is 3.49. The van der Waals surface area contributed by atoms with Crippen LogP contribution >= 0.6 is 0 Å². The van der Waals surface area contributed by atoms with Gasteiger partial charge in [0.05, 0.1) is 6.54 Å². The molecule has 0 bridgehead atoms. The van der Waals surface area contributed by atoms with Crippen molar-refractivity contribution in [1.82, 2.24) is 15.5 Å². The van der Waals surface area contributed by atoms with Gasteiger partial charge in [-0.1, -0.05) is 12.1 Å². The van der Waals surface area contributed by atoms with E-state index in [0.29, 0.717) is 18.3 Å². The van der Waals surface area contributed by atoms with Crippen molar-refractivity contribution >= 4 is 0 Å². The normalized spacial score (nSPS) is 12.6. The highest BCUT2D eigenvalue weighted by Crippen LogP contribution is 2.13. The number of nitrogens with zero attached hydrogens (tertiary/aromatic N) is 2. The average molecular weight is 235 g/mol. The van der Waals surface area contributed by atoms with Crippen LogP contribution in [0.3, 0.4) is 0 Å². The summed E-state index contributed by atoms with van der Waals surface area (Å²) in [6, 6.07) is 6.51. The summed E-state index contributed by atoms with van der Waals surface area (Å²) in [5.41, 5.74) is 1.02. The van der Waals surface area contributed by atoms with Crippen molar-refractivity contribution in [2.75, 3.05) is 0 Å². The van der Waals surface area contributed by atoms with Crippen LogP contribution in [0.2, 0.25) is 0 Å². The lowest BCUT2D eigenvalue weighted by atomic mass is 10.1. The van der Waals surface area contributed by atoms with Crippen LogP contribution in [-0.4, -0.2) is 10.2 Å². The third-order valence-electron chi connectivity index (χ3n) is 2.50. The Morgan fingerprint density at radius 3 is 2.59 bits per heavy atom. The second kappa shape index (κ2) is 5.05. The Morgan fingerprint density at radius 1 is 1.29 bits per heavy atom. The summed E-state index contributed by atoms with van der Waals surface area (Å²) in [7, 11) is 0. The Bertz CT molecular complexity index is 481. The van der Waals surface area contributed by atoms with Crippen molar-refractivity contribution in [3.05, 3.63) is 47.4 Å². The molecule has 90 valence electrons. The number of hydrogen-bond acceptors (Lipinski definition) is 4. The summed E-state index contributed by atoms with van der Waals surface area (Å²) in [5.74, 6) is 0.876. The van der Waals surface area contributed by atoms with Crippen LogP contribution in [0.4, 0.5) is 4.39 Å². The molecule has 0 amide bonds. The summed E-state index contributed by atoms with van der Waals surface area (Å²) >= 11 is 0. The second-order valence-corrected chi connectivity index (χ2v) is 3.87. The zero-order chi connectivity index (χ0) is 12.3. The number of nitrogens with one attached hydrogen (secondary N) is 1. The molecule has 4 nitrogen and oxygen atoms in total. The molecule has 5 heteroatoms. The molecular weight excluding hydrogens is 221 g/mol. The number of halogens is 1. The summed E-state index contributed by atoms with van der Waals surface area (Å²) < 4.78 is 18.0. The van der Waals surface area contributed by atoms with Crippen LogP contribution in [-0.2, 0) is 6.54 Å². The van der Waals surface area contributed by atoms with Gasteiger partial charge >= 0.3 is 0 Å². The zero-order valence-corrected chi connectivity index (χ0v) is 9.77. The van der Waals surface area contributed by atoms with Gasteiger partial charge in [0, 0.05) is 13.0 Å². The first-order valence-corrected chi connectivity index (χ1v) is 5.43. The lowest BCUT2D eigenvalue weighted by Gasteiger charge is -2.12. The van der Waals surface area contributed by atoms with Gasteiger partial charge in [-0.25, -0.2) is 4.39 Å². The summed E-state index contributed by atoms with van der Waals surface area (Å²) in [5, 5.41) is 10.9. The van der Waals surface area contributed by atoms with Crippen LogP contribution < -0.4 is 5.32 Å². The molecule has 17 heavy (non-hydrogen) atoms. The molecule has 1 aromatic heterocycles. The number of aromatic nitrogens is 2. The van der Waals surface area contributed by atoms with Crippen molar-refractivity contribution < 1.29 is 8.81 Å². The topological polar surface area (TPSA) is 51.0 Å². The highest BCUT2D eigenvalue weighted by Gasteiger charge is 2.07. The maximum atomic E-state index is 12.7. The second-order valence-electron chi connectivity index (χ2n) is 3.87. The lowest BCUT2D eigenvalue weighted by Crippen LogP contribution is -2.18. The predicted molar refractivity (Wildman–Crippen MR) is 60.7 cm³/mol. The molecule has 0 aliphatic rings. The first-order chi connectivity index (χ1) is 8.15. The van der Waals surface area contributed by atoms with Crippen LogP contribution in [0.25, 0.3) is 0 Å². The van der Waals surface area contributed by atoms with E-state index in [-0.39, 0.29) is 11.9 Å². The highest BCUT2D eigenvalue weighted by molar-refractivity contribution is 5.19. The number of benzene rings is 1. The van der Waals surface area contributed by atoms with Crippen molar-refractivity contribution in [1.29, 1.82) is 0 Å². The molecule has 0 saturated heterocycles. The molecule has 0 radical (unpaired) electrons. The van der Waals surface area contributed by atoms with Crippen LogP contribution in [0.1, 0.15) is 30.3 Å². The largest absolute Gasteiger partial charge is 0.424 e. The van der Waals surface area contributed by atoms with Crippen molar-refractivity contribution in [2.45, 2.75) is 26.4 Å². The van der Waals surface area contributed by atoms with Crippen LogP contribution in [0, 0.1) is 12.7 Å². The maximum absolute atomic E-state index is 12.7. The molecule has 0 saturated carbocycles. The van der Waals surface area contributed by atoms with Gasteiger partial charge in [-0.3, -0.25) is 0 Å². The molecule has 2 rings (SSSR count). The van der Waals surface area contributed by atoms with E-state index in [1.807, 2.05) is 6.92 Å². The molecule has 1 atom stereocenters. The van der Waals surface area contributed by atoms with Gasteiger partial charge in [-0.2, -0.15) is 0 Å². The Morgan fingerprint density at radius 2 is 2.00 bits per heavy atom. The SMILES string of the molecule is Cc1nnc(CN[C@H](C)c2ccc(F)cc2)o1. The Hall–Kier alpha value is -1.75. The van der Waals surface area contributed by atoms with E-state index in [2.05, 4.69) is 15.5 Å². The molecule has 0 aliphatic carbocycles. The first kappa shape index (κ1) is 11.7. The van der Waals surface area contributed by atoms with Gasteiger partial charge < -0.3 is 9.73 Å². The smallest absolute Gasteiger partial charge is 0.230 e. The minimum absolute atomic E-state index is 0.0998. The van der Waals surface area contributed by atoms with E-state index in [0.717, 1.165) is 5.56 Å². The monoisotopic (exact) mass is 235 g/mol. The minimum Gasteiger partial charge on any atom is -0.424 e. The van der Waals surface area contributed by atoms with Gasteiger partial charge in [0.1, 0.15) is 5.82 Å². The molecule has 0 unspecified atom stereocenters. The highest BCUT2D eigenvalue weighted by atomic mass is 19.1. The van der Waals surface area contributed by atoms with Gasteiger partial charge in [-0.05, 0) is 24.6 Å². The Balaban J connectivity index is 1.93. The van der Waals surface area contributed by atoms with Gasteiger partial charge in [0.2, 0.25) is 11.8 Å². The maximum Gasteiger partial charge on any atom is 0.230 e. The van der Waals surface area contributed by atoms with Gasteiger partial charge in [0.15, 0.2) is 0 Å². The molecular formula is C12H14FN3O. The summed E-state index contributed by atoms with van der Waals surface area (Å²) in [6.07, 6.45) is 0. The molecule has 1 aromatic carbocycles. The number of hydrogen-bond donors (Lipinski definition) is 1. The van der Waals surface area contributed by atoms with Crippen molar-refractivity contribution in [3.8, 4) is 0 Å². The van der Waals surface area contributed by atoms with Crippen LogP contribution in [0.15, 0.2) is 28.7 Å². The fourth-order valence-electron chi connectivity index (χ4n) is 1.52. The molecule has 0 fully saturated rings. The lowest BCUT2D eigenvalue weighted by molar-refractivity contribution is 0.430. The Labute approximate surface area is 98.9 Å². The third kappa shape index (κ3) is 3.10. The fourth-order valence-corrected chi connectivity index (χ4v) is 1.52. The quantitative estimate of drug-likeness (QED) is 0.883. The van der Waals surface area contributed by atoms with Crippen molar-refractivity contribution in [2.24, 2.45) is 0 Å². The third-order valence-corrected chi connectivity index (χ3v) is 2.50. The first-order valence-electron chi connectivity index (χ1n) is 5.43. The molecule has 2 aromatic rings. The molecule has 0 spiro atoms. The van der Waals surface area contributed by atoms with E-state index >= 15 is 0 Å². The van der Waals surface area contributed by atoms with Crippen molar-refractivity contribution in [3.63, 3.8) is 0 Å². The van der Waals surface area contributed by atoms with E-state index in [1.54, 1.807) is 19.1 Å². The van der Waals surface area contributed by atoms with Gasteiger partial charge in [-0.15, -0.1) is 10.2 Å².